The monoisotopic (exact) mass is 402 g/mol. The van der Waals surface area contributed by atoms with Crippen molar-refractivity contribution in [3.05, 3.63) is 42.4 Å². The number of piperazine rings is 1. The zero-order valence-corrected chi connectivity index (χ0v) is 16.9. The number of amides is 1. The van der Waals surface area contributed by atoms with Crippen molar-refractivity contribution < 1.29 is 9.53 Å². The Morgan fingerprint density at radius 1 is 1.30 bits per heavy atom. The molecule has 2 unspecified atom stereocenters. The summed E-state index contributed by atoms with van der Waals surface area (Å²) in [6.45, 7) is 5.75. The Balaban J connectivity index is 1.46. The molecular formula is C22H22N6O2. The largest absolute Gasteiger partial charge is 0.492 e. The van der Waals surface area contributed by atoms with Gasteiger partial charge in [-0.25, -0.2) is 9.50 Å². The maximum absolute atomic E-state index is 11.7. The lowest BCUT2D eigenvalue weighted by Gasteiger charge is -2.56. The molecule has 3 aliphatic rings. The van der Waals surface area contributed by atoms with Gasteiger partial charge in [-0.1, -0.05) is 0 Å². The zero-order valence-electron chi connectivity index (χ0n) is 16.9. The molecule has 0 N–H and O–H groups in total. The van der Waals surface area contributed by atoms with E-state index >= 15 is 0 Å². The minimum absolute atomic E-state index is 0.159. The molecule has 0 aromatic carbocycles. The van der Waals surface area contributed by atoms with Crippen molar-refractivity contribution in [2.75, 3.05) is 24.6 Å². The van der Waals surface area contributed by atoms with Gasteiger partial charge < -0.3 is 14.5 Å². The molecule has 6 heterocycles. The van der Waals surface area contributed by atoms with Gasteiger partial charge in [-0.3, -0.25) is 4.79 Å². The predicted molar refractivity (Wildman–Crippen MR) is 111 cm³/mol. The Hall–Kier alpha value is -3.60. The molecule has 0 radical (unpaired) electrons. The van der Waals surface area contributed by atoms with E-state index in [0.717, 1.165) is 42.0 Å². The third kappa shape index (κ3) is 2.86. The van der Waals surface area contributed by atoms with Gasteiger partial charge in [0.05, 0.1) is 42.2 Å². The fourth-order valence-corrected chi connectivity index (χ4v) is 4.69. The number of nitrogens with zero attached hydrogens (tertiary/aromatic N) is 6. The molecule has 0 aliphatic carbocycles. The van der Waals surface area contributed by atoms with Gasteiger partial charge in [-0.15, -0.1) is 0 Å². The number of piperidine rings is 1. The standard InChI is InChI=1S/C22H22N6O2/c1-3-30-19-7-20(22-16(8-23)10-25-27(22)13-19)15-4-5-21(24-9-15)26-11-17-6-18(12-26)28(17)14(2)29/h4-5,7,9-10,13,17-18H,3,6,11-12H2,1-2H3. The Kier molecular flexibility index (Phi) is 4.31. The van der Waals surface area contributed by atoms with Crippen LogP contribution in [0.4, 0.5) is 5.82 Å². The summed E-state index contributed by atoms with van der Waals surface area (Å²) in [6.07, 6.45) is 6.26. The minimum Gasteiger partial charge on any atom is -0.492 e. The molecule has 0 saturated carbocycles. The van der Waals surface area contributed by atoms with Crippen LogP contribution in [0.15, 0.2) is 36.8 Å². The number of fused-ring (bicyclic) bond motifs is 3. The van der Waals surface area contributed by atoms with Gasteiger partial charge in [-0.05, 0) is 31.5 Å². The van der Waals surface area contributed by atoms with E-state index in [1.54, 1.807) is 23.8 Å². The Bertz CT molecular complexity index is 1150. The molecule has 3 aliphatic heterocycles. The van der Waals surface area contributed by atoms with Crippen LogP contribution in [0.5, 0.6) is 5.75 Å². The van der Waals surface area contributed by atoms with E-state index in [4.69, 9.17) is 9.72 Å². The lowest BCUT2D eigenvalue weighted by atomic mass is 9.87. The number of carbonyl (C=O) groups is 1. The third-order valence-corrected chi connectivity index (χ3v) is 5.96. The van der Waals surface area contributed by atoms with Crippen LogP contribution < -0.4 is 9.64 Å². The number of rotatable bonds is 4. The minimum atomic E-state index is 0.159. The predicted octanol–water partition coefficient (Wildman–Crippen LogP) is 2.48. The van der Waals surface area contributed by atoms with Crippen LogP contribution in [-0.4, -0.2) is 57.2 Å². The summed E-state index contributed by atoms with van der Waals surface area (Å²) in [4.78, 5) is 20.7. The van der Waals surface area contributed by atoms with Gasteiger partial charge in [0.15, 0.2) is 0 Å². The van der Waals surface area contributed by atoms with E-state index < -0.39 is 0 Å². The summed E-state index contributed by atoms with van der Waals surface area (Å²) < 4.78 is 7.36. The van der Waals surface area contributed by atoms with Gasteiger partial charge in [0.2, 0.25) is 5.91 Å². The number of hydrogen-bond acceptors (Lipinski definition) is 6. The van der Waals surface area contributed by atoms with Gasteiger partial charge in [-0.2, -0.15) is 10.4 Å². The lowest BCUT2D eigenvalue weighted by Crippen LogP contribution is -2.70. The fourth-order valence-electron chi connectivity index (χ4n) is 4.69. The van der Waals surface area contributed by atoms with Crippen molar-refractivity contribution in [1.29, 1.82) is 5.26 Å². The number of nitriles is 1. The highest BCUT2D eigenvalue weighted by Crippen LogP contribution is 2.35. The van der Waals surface area contributed by atoms with E-state index in [-0.39, 0.29) is 18.0 Å². The van der Waals surface area contributed by atoms with Crippen LogP contribution in [0, 0.1) is 11.3 Å². The van der Waals surface area contributed by atoms with Crippen LogP contribution in [0.1, 0.15) is 25.8 Å². The normalized spacial score (nSPS) is 20.0. The maximum Gasteiger partial charge on any atom is 0.220 e. The molecule has 2 atom stereocenters. The zero-order chi connectivity index (χ0) is 20.8. The molecule has 3 aromatic heterocycles. The first-order valence-corrected chi connectivity index (χ1v) is 10.1. The molecule has 3 aromatic rings. The smallest absolute Gasteiger partial charge is 0.220 e. The summed E-state index contributed by atoms with van der Waals surface area (Å²) in [5.74, 6) is 1.76. The highest BCUT2D eigenvalue weighted by Gasteiger charge is 2.46. The second-order valence-corrected chi connectivity index (χ2v) is 7.77. The van der Waals surface area contributed by atoms with Gasteiger partial charge in [0, 0.05) is 37.3 Å². The topological polar surface area (TPSA) is 86.8 Å². The number of pyridine rings is 2. The molecule has 0 spiro atoms. The van der Waals surface area contributed by atoms with Crippen molar-refractivity contribution in [1.82, 2.24) is 19.5 Å². The van der Waals surface area contributed by atoms with E-state index in [9.17, 15) is 10.1 Å². The third-order valence-electron chi connectivity index (χ3n) is 5.96. The summed E-state index contributed by atoms with van der Waals surface area (Å²) in [7, 11) is 0. The van der Waals surface area contributed by atoms with Crippen molar-refractivity contribution in [3.63, 3.8) is 0 Å². The summed E-state index contributed by atoms with van der Waals surface area (Å²) >= 11 is 0. The first-order valence-electron chi connectivity index (χ1n) is 10.1. The Labute approximate surface area is 174 Å². The van der Waals surface area contributed by atoms with E-state index in [2.05, 4.69) is 16.1 Å². The molecule has 1 amide bonds. The Morgan fingerprint density at radius 2 is 2.10 bits per heavy atom. The molecule has 8 heteroatoms. The van der Waals surface area contributed by atoms with Gasteiger partial charge in [0.1, 0.15) is 17.6 Å². The molecule has 6 rings (SSSR count). The number of carbonyl (C=O) groups excluding carboxylic acids is 1. The van der Waals surface area contributed by atoms with E-state index in [0.29, 0.717) is 17.9 Å². The average molecular weight is 402 g/mol. The maximum atomic E-state index is 11.7. The number of hydrogen-bond donors (Lipinski definition) is 0. The van der Waals surface area contributed by atoms with Crippen LogP contribution in [0.2, 0.25) is 0 Å². The van der Waals surface area contributed by atoms with Crippen LogP contribution in [0.3, 0.4) is 0 Å². The summed E-state index contributed by atoms with van der Waals surface area (Å²) in [5.41, 5.74) is 3.01. The molecule has 30 heavy (non-hydrogen) atoms. The highest BCUT2D eigenvalue weighted by atomic mass is 16.5. The average Bonchev–Trinajstić information content (AvgIpc) is 3.16. The SMILES string of the molecule is CCOc1cc(-c2ccc(N3CC4CC(C3)N4C(C)=O)nc2)c2c(C#N)cnn2c1. The number of ether oxygens (including phenoxy) is 1. The van der Waals surface area contributed by atoms with Crippen molar-refractivity contribution in [2.45, 2.75) is 32.4 Å². The fraction of sp³-hybridized carbons (Fsp3) is 0.364. The van der Waals surface area contributed by atoms with Crippen molar-refractivity contribution >= 4 is 17.2 Å². The molecule has 3 saturated heterocycles. The molecular weight excluding hydrogens is 380 g/mol. The van der Waals surface area contributed by atoms with Crippen LogP contribution in [0.25, 0.3) is 16.6 Å². The second kappa shape index (κ2) is 7.02. The quantitative estimate of drug-likeness (QED) is 0.666. The first kappa shape index (κ1) is 18.4. The number of anilines is 1. The van der Waals surface area contributed by atoms with Crippen molar-refractivity contribution in [2.24, 2.45) is 0 Å². The summed E-state index contributed by atoms with van der Waals surface area (Å²) in [6, 6.07) is 8.74. The molecule has 3 fully saturated rings. The Morgan fingerprint density at radius 3 is 2.73 bits per heavy atom. The number of aromatic nitrogens is 3. The van der Waals surface area contributed by atoms with E-state index in [1.165, 1.54) is 0 Å². The van der Waals surface area contributed by atoms with Crippen molar-refractivity contribution in [3.8, 4) is 22.9 Å². The molecule has 8 nitrogen and oxygen atoms in total. The second-order valence-electron chi connectivity index (χ2n) is 7.77. The van der Waals surface area contributed by atoms with Crippen LogP contribution in [-0.2, 0) is 4.79 Å². The van der Waals surface area contributed by atoms with E-state index in [1.807, 2.05) is 36.2 Å². The lowest BCUT2D eigenvalue weighted by molar-refractivity contribution is -0.143. The summed E-state index contributed by atoms with van der Waals surface area (Å²) in [5, 5.41) is 13.8. The van der Waals surface area contributed by atoms with Gasteiger partial charge in [0.25, 0.3) is 0 Å². The van der Waals surface area contributed by atoms with Gasteiger partial charge >= 0.3 is 0 Å². The molecule has 152 valence electrons. The first-order chi connectivity index (χ1) is 14.6. The molecule has 2 bridgehead atoms. The van der Waals surface area contributed by atoms with Crippen LogP contribution >= 0.6 is 0 Å². The highest BCUT2D eigenvalue weighted by molar-refractivity contribution is 5.85.